The predicted molar refractivity (Wildman–Crippen MR) is 74.0 cm³/mol. The highest BCUT2D eigenvalue weighted by Crippen LogP contribution is 2.32. The average molecular weight is 319 g/mol. The molecule has 0 aliphatic carbocycles. The third kappa shape index (κ3) is 3.86. The zero-order valence-corrected chi connectivity index (χ0v) is 12.9. The summed E-state index contributed by atoms with van der Waals surface area (Å²) in [6.07, 6.45) is 0. The van der Waals surface area contributed by atoms with Crippen LogP contribution in [-0.4, -0.2) is 31.5 Å². The van der Waals surface area contributed by atoms with Gasteiger partial charge in [0.2, 0.25) is 0 Å². The van der Waals surface area contributed by atoms with Gasteiger partial charge in [0, 0.05) is 10.0 Å². The van der Waals surface area contributed by atoms with Crippen LogP contribution in [0.2, 0.25) is 0 Å². The highest BCUT2D eigenvalue weighted by atomic mass is 79.9. The van der Waals surface area contributed by atoms with E-state index in [1.54, 1.807) is 14.2 Å². The molecule has 102 valence electrons. The molecule has 0 fully saturated rings. The number of ether oxygens (including phenoxy) is 2. The van der Waals surface area contributed by atoms with Crippen molar-refractivity contribution < 1.29 is 19.9 Å². The first-order valence-corrected chi connectivity index (χ1v) is 6.58. The first-order chi connectivity index (χ1) is 8.43. The molecule has 1 aromatic carbocycles. The van der Waals surface area contributed by atoms with Crippen molar-refractivity contribution in [1.29, 1.82) is 0 Å². The molecule has 3 N–H and O–H groups in total. The minimum Gasteiger partial charge on any atom is -0.493 e. The Morgan fingerprint density at radius 1 is 1.22 bits per heavy atom. The van der Waals surface area contributed by atoms with Crippen LogP contribution in [0.1, 0.15) is 19.4 Å². The molecule has 0 saturated heterocycles. The first kappa shape index (κ1) is 15.3. The van der Waals surface area contributed by atoms with Crippen LogP contribution in [-0.2, 0) is 6.54 Å². The SMILES string of the molecule is COc1cc(Br)c(C[NH2+]C(C)(C)CO)cc1OC. The van der Waals surface area contributed by atoms with Crippen molar-refractivity contribution in [2.45, 2.75) is 25.9 Å². The van der Waals surface area contributed by atoms with E-state index >= 15 is 0 Å². The number of quaternary nitrogens is 1. The maximum atomic E-state index is 9.24. The lowest BCUT2D eigenvalue weighted by atomic mass is 10.1. The Morgan fingerprint density at radius 3 is 2.28 bits per heavy atom. The summed E-state index contributed by atoms with van der Waals surface area (Å²) in [6, 6.07) is 3.85. The molecule has 0 unspecified atom stereocenters. The molecule has 18 heavy (non-hydrogen) atoms. The molecule has 1 aromatic rings. The summed E-state index contributed by atoms with van der Waals surface area (Å²) in [5, 5.41) is 11.3. The summed E-state index contributed by atoms with van der Waals surface area (Å²) < 4.78 is 11.5. The van der Waals surface area contributed by atoms with Crippen molar-refractivity contribution in [3.63, 3.8) is 0 Å². The maximum absolute atomic E-state index is 9.24. The normalized spacial score (nSPS) is 11.4. The minimum absolute atomic E-state index is 0.137. The fourth-order valence-electron chi connectivity index (χ4n) is 1.50. The van der Waals surface area contributed by atoms with E-state index in [4.69, 9.17) is 9.47 Å². The van der Waals surface area contributed by atoms with Gasteiger partial charge in [-0.2, -0.15) is 0 Å². The van der Waals surface area contributed by atoms with Gasteiger partial charge in [-0.3, -0.25) is 0 Å². The Bertz CT molecular complexity index is 407. The molecule has 5 heteroatoms. The van der Waals surface area contributed by atoms with E-state index in [9.17, 15) is 5.11 Å². The Morgan fingerprint density at radius 2 is 1.78 bits per heavy atom. The van der Waals surface area contributed by atoms with Crippen LogP contribution in [0.15, 0.2) is 16.6 Å². The number of aliphatic hydroxyl groups excluding tert-OH is 1. The number of hydrogen-bond acceptors (Lipinski definition) is 3. The van der Waals surface area contributed by atoms with Gasteiger partial charge in [-0.25, -0.2) is 0 Å². The van der Waals surface area contributed by atoms with Crippen molar-refractivity contribution in [3.05, 3.63) is 22.2 Å². The third-order valence-electron chi connectivity index (χ3n) is 2.83. The number of aliphatic hydroxyl groups is 1. The molecule has 0 aliphatic heterocycles. The summed E-state index contributed by atoms with van der Waals surface area (Å²) in [7, 11) is 3.24. The van der Waals surface area contributed by atoms with Crippen LogP contribution in [0, 0.1) is 0 Å². The van der Waals surface area contributed by atoms with Crippen LogP contribution in [0.25, 0.3) is 0 Å². The molecule has 0 aromatic heterocycles. The topological polar surface area (TPSA) is 55.3 Å². The van der Waals surface area contributed by atoms with Crippen molar-refractivity contribution in [1.82, 2.24) is 0 Å². The molecule has 0 atom stereocenters. The lowest BCUT2D eigenvalue weighted by molar-refractivity contribution is -0.736. The van der Waals surface area contributed by atoms with Gasteiger partial charge in [0.25, 0.3) is 0 Å². The Labute approximate surface area is 116 Å². The Hall–Kier alpha value is -0.780. The second-order valence-electron chi connectivity index (χ2n) is 4.85. The Kier molecular flexibility index (Phi) is 5.44. The van der Waals surface area contributed by atoms with E-state index in [2.05, 4.69) is 21.2 Å². The molecular weight excluding hydrogens is 298 g/mol. The van der Waals surface area contributed by atoms with E-state index in [0.717, 1.165) is 16.6 Å². The molecule has 0 spiro atoms. The highest BCUT2D eigenvalue weighted by Gasteiger charge is 2.20. The summed E-state index contributed by atoms with van der Waals surface area (Å²) in [4.78, 5) is 0. The van der Waals surface area contributed by atoms with E-state index in [-0.39, 0.29) is 12.1 Å². The summed E-state index contributed by atoms with van der Waals surface area (Å²) in [6.45, 7) is 4.90. The van der Waals surface area contributed by atoms with Crippen molar-refractivity contribution in [2.75, 3.05) is 20.8 Å². The van der Waals surface area contributed by atoms with Crippen molar-refractivity contribution in [3.8, 4) is 11.5 Å². The van der Waals surface area contributed by atoms with E-state index in [1.165, 1.54) is 0 Å². The highest BCUT2D eigenvalue weighted by molar-refractivity contribution is 9.10. The van der Waals surface area contributed by atoms with Gasteiger partial charge in [0.1, 0.15) is 12.1 Å². The predicted octanol–water partition coefficient (Wildman–Crippen LogP) is 1.30. The van der Waals surface area contributed by atoms with Crippen LogP contribution < -0.4 is 14.8 Å². The van der Waals surface area contributed by atoms with Gasteiger partial charge < -0.3 is 19.9 Å². The molecule has 0 saturated carbocycles. The van der Waals surface area contributed by atoms with Gasteiger partial charge in [0.15, 0.2) is 11.5 Å². The second-order valence-corrected chi connectivity index (χ2v) is 5.71. The van der Waals surface area contributed by atoms with E-state index in [0.29, 0.717) is 11.5 Å². The minimum atomic E-state index is -0.188. The van der Waals surface area contributed by atoms with E-state index in [1.807, 2.05) is 26.0 Å². The smallest absolute Gasteiger partial charge is 0.161 e. The number of rotatable bonds is 6. The lowest BCUT2D eigenvalue weighted by Gasteiger charge is -2.20. The van der Waals surface area contributed by atoms with Crippen LogP contribution >= 0.6 is 15.9 Å². The summed E-state index contributed by atoms with van der Waals surface area (Å²) in [5.41, 5.74) is 0.918. The fraction of sp³-hybridized carbons (Fsp3) is 0.538. The van der Waals surface area contributed by atoms with E-state index < -0.39 is 0 Å². The molecule has 0 bridgehead atoms. The van der Waals surface area contributed by atoms with Gasteiger partial charge in [0.05, 0.1) is 20.8 Å². The first-order valence-electron chi connectivity index (χ1n) is 5.79. The van der Waals surface area contributed by atoms with Gasteiger partial charge in [-0.1, -0.05) is 15.9 Å². The van der Waals surface area contributed by atoms with Crippen molar-refractivity contribution >= 4 is 15.9 Å². The number of nitrogens with two attached hydrogens (primary N) is 1. The number of methoxy groups -OCH3 is 2. The molecular formula is C13H21BrNO3+. The number of hydrogen-bond donors (Lipinski definition) is 2. The summed E-state index contributed by atoms with van der Waals surface area (Å²) in [5.74, 6) is 1.42. The van der Waals surface area contributed by atoms with Crippen LogP contribution in [0.4, 0.5) is 0 Å². The van der Waals surface area contributed by atoms with Crippen LogP contribution in [0.5, 0.6) is 11.5 Å². The van der Waals surface area contributed by atoms with Crippen molar-refractivity contribution in [2.24, 2.45) is 0 Å². The monoisotopic (exact) mass is 318 g/mol. The molecule has 0 radical (unpaired) electrons. The molecule has 0 heterocycles. The number of halogens is 1. The summed E-state index contributed by atoms with van der Waals surface area (Å²) >= 11 is 3.52. The lowest BCUT2D eigenvalue weighted by Crippen LogP contribution is -2.95. The number of benzene rings is 1. The second kappa shape index (κ2) is 6.41. The molecule has 1 rings (SSSR count). The van der Waals surface area contributed by atoms with Crippen LogP contribution in [0.3, 0.4) is 0 Å². The maximum Gasteiger partial charge on any atom is 0.161 e. The zero-order chi connectivity index (χ0) is 13.8. The molecule has 0 amide bonds. The molecule has 4 nitrogen and oxygen atoms in total. The van der Waals surface area contributed by atoms with Gasteiger partial charge in [-0.15, -0.1) is 0 Å². The van der Waals surface area contributed by atoms with Gasteiger partial charge in [-0.05, 0) is 26.0 Å². The average Bonchev–Trinajstić information content (AvgIpc) is 2.36. The third-order valence-corrected chi connectivity index (χ3v) is 3.57. The quantitative estimate of drug-likeness (QED) is 0.831. The Balaban J connectivity index is 2.89. The largest absolute Gasteiger partial charge is 0.493 e. The molecule has 0 aliphatic rings. The standard InChI is InChI=1S/C13H20BrNO3/c1-13(2,8-16)15-7-9-5-11(17-3)12(18-4)6-10(9)14/h5-6,15-16H,7-8H2,1-4H3/p+1. The fourth-order valence-corrected chi connectivity index (χ4v) is 1.99. The zero-order valence-electron chi connectivity index (χ0n) is 11.3. The van der Waals surface area contributed by atoms with Gasteiger partial charge >= 0.3 is 0 Å².